The molecular weight excluding hydrogens is 414 g/mol. The Morgan fingerprint density at radius 2 is 1.94 bits per heavy atom. The molecule has 8 heteroatoms. The van der Waals surface area contributed by atoms with Gasteiger partial charge in [-0.05, 0) is 31.7 Å². The molecule has 3 N–H and O–H groups in total. The Bertz CT molecular complexity index is 839. The second-order valence-electron chi connectivity index (χ2n) is 11.8. The Balaban J connectivity index is 1.55. The highest BCUT2D eigenvalue weighted by Crippen LogP contribution is 2.83. The summed E-state index contributed by atoms with van der Waals surface area (Å²) in [7, 11) is 5.06. The van der Waals surface area contributed by atoms with Crippen LogP contribution in [0.2, 0.25) is 0 Å². The van der Waals surface area contributed by atoms with Gasteiger partial charge in [-0.2, -0.15) is 0 Å². The Kier molecular flexibility index (Phi) is 3.99. The normalized spacial score (nSPS) is 65.7. The molecule has 0 radical (unpaired) electrons. The Morgan fingerprint density at radius 1 is 1.16 bits per heavy atom. The molecule has 4 saturated heterocycles. The number of nitrogens with zero attached hydrogens (tertiary/aromatic N) is 1. The number of piperidine rings is 1. The van der Waals surface area contributed by atoms with Gasteiger partial charge in [-0.25, -0.2) is 0 Å². The maximum atomic E-state index is 12.9. The van der Waals surface area contributed by atoms with Crippen LogP contribution >= 0.6 is 0 Å². The molecule has 1 spiro atoms. The van der Waals surface area contributed by atoms with Crippen molar-refractivity contribution in [2.24, 2.45) is 34.5 Å². The lowest BCUT2D eigenvalue weighted by molar-refractivity contribution is -0.410. The van der Waals surface area contributed by atoms with E-state index in [1.54, 1.807) is 21.3 Å². The minimum atomic E-state index is -1.52. The smallest absolute Gasteiger partial charge is 0.136 e. The van der Waals surface area contributed by atoms with Crippen LogP contribution in [0.4, 0.5) is 0 Å². The number of hydrogen-bond acceptors (Lipinski definition) is 8. The van der Waals surface area contributed by atoms with E-state index in [0.29, 0.717) is 19.6 Å². The summed E-state index contributed by atoms with van der Waals surface area (Å²) in [5.41, 5.74) is -3.69. The van der Waals surface area contributed by atoms with Gasteiger partial charge in [0, 0.05) is 56.3 Å². The van der Waals surface area contributed by atoms with Gasteiger partial charge in [0.2, 0.25) is 0 Å². The molecule has 32 heavy (non-hydrogen) atoms. The number of aliphatic hydroxyl groups is 3. The van der Waals surface area contributed by atoms with Crippen molar-refractivity contribution in [3.8, 4) is 0 Å². The van der Waals surface area contributed by atoms with E-state index in [1.807, 2.05) is 0 Å². The highest BCUT2D eigenvalue weighted by Gasteiger charge is 2.94. The predicted octanol–water partition coefficient (Wildman–Crippen LogP) is -0.0191. The molecule has 0 aromatic heterocycles. The molecule has 0 unspecified atom stereocenters. The first-order chi connectivity index (χ1) is 15.3. The molecule has 4 heterocycles. The van der Waals surface area contributed by atoms with Crippen molar-refractivity contribution in [3.63, 3.8) is 0 Å². The lowest BCUT2D eigenvalue weighted by atomic mass is 9.41. The first kappa shape index (κ1) is 21.0. The van der Waals surface area contributed by atoms with E-state index < -0.39 is 29.3 Å². The van der Waals surface area contributed by atoms with Crippen LogP contribution in [0.5, 0.6) is 0 Å². The van der Waals surface area contributed by atoms with E-state index in [0.717, 1.165) is 19.3 Å². The summed E-state index contributed by atoms with van der Waals surface area (Å²) >= 11 is 0. The summed E-state index contributed by atoms with van der Waals surface area (Å²) in [6.07, 6.45) is 1.31. The zero-order chi connectivity index (χ0) is 22.4. The van der Waals surface area contributed by atoms with E-state index in [-0.39, 0.29) is 53.1 Å². The van der Waals surface area contributed by atoms with Gasteiger partial charge in [-0.3, -0.25) is 4.90 Å². The van der Waals surface area contributed by atoms with E-state index in [2.05, 4.69) is 11.8 Å². The lowest BCUT2D eigenvalue weighted by Crippen LogP contribution is -2.86. The summed E-state index contributed by atoms with van der Waals surface area (Å²) in [5.74, 6) is -0.374. The van der Waals surface area contributed by atoms with Crippen molar-refractivity contribution in [1.29, 1.82) is 0 Å². The summed E-state index contributed by atoms with van der Waals surface area (Å²) in [6, 6.07) is -0.267. The molecule has 9 rings (SSSR count). The maximum Gasteiger partial charge on any atom is 0.136 e. The number of hydrogen-bond donors (Lipinski definition) is 3. The van der Waals surface area contributed by atoms with Crippen LogP contribution in [0.15, 0.2) is 0 Å². The molecule has 5 saturated carbocycles. The van der Waals surface area contributed by atoms with Crippen LogP contribution in [0.3, 0.4) is 0 Å². The van der Waals surface area contributed by atoms with Gasteiger partial charge < -0.3 is 34.3 Å². The second-order valence-corrected chi connectivity index (χ2v) is 11.8. The highest BCUT2D eigenvalue weighted by molar-refractivity contribution is 5.43. The van der Waals surface area contributed by atoms with Gasteiger partial charge in [-0.1, -0.05) is 6.92 Å². The molecule has 180 valence electrons. The van der Waals surface area contributed by atoms with Crippen molar-refractivity contribution < 1.29 is 34.3 Å². The second kappa shape index (κ2) is 6.08. The third kappa shape index (κ3) is 1.70. The molecule has 4 aliphatic heterocycles. The number of likely N-dealkylation sites (N-methyl/N-ethyl adjacent to an activating group) is 1. The van der Waals surface area contributed by atoms with Gasteiger partial charge in [-0.15, -0.1) is 0 Å². The standard InChI is InChI=1S/C24H37NO7/c1-5-25-19-23-12-8-11-13(30-3)9-22(27,15(12)16(11)26)24(19,28)18(31-4)17(23)21(10-29-2)7-6-14(23)32-20(21)25/h11-20,26-28H,5-10H2,1-4H3/t11-,12-,13+,14-,15-,16-,17+,18+,19-,20+,21-,22-,23-,24+/m0/s1. The fourth-order valence-electron chi connectivity index (χ4n) is 11.2. The molecule has 14 atom stereocenters. The van der Waals surface area contributed by atoms with E-state index in [1.165, 1.54) is 0 Å². The average Bonchev–Trinajstić information content (AvgIpc) is 3.17. The number of ether oxygens (including phenoxy) is 4. The zero-order valence-corrected chi connectivity index (χ0v) is 19.4. The van der Waals surface area contributed by atoms with E-state index in [4.69, 9.17) is 18.9 Å². The topological polar surface area (TPSA) is 101 Å². The minimum Gasteiger partial charge on any atom is -0.392 e. The molecule has 0 aromatic rings. The molecule has 9 fully saturated rings. The highest BCUT2D eigenvalue weighted by atomic mass is 16.5. The molecule has 9 aliphatic rings. The molecular formula is C24H37NO7. The van der Waals surface area contributed by atoms with Crippen LogP contribution in [-0.4, -0.2) is 103 Å². The number of aliphatic hydroxyl groups excluding tert-OH is 1. The summed E-state index contributed by atoms with van der Waals surface area (Å²) in [4.78, 5) is 2.32. The molecule has 0 aromatic carbocycles. The minimum absolute atomic E-state index is 0.00204. The van der Waals surface area contributed by atoms with Crippen LogP contribution in [0.25, 0.3) is 0 Å². The Morgan fingerprint density at radius 3 is 2.59 bits per heavy atom. The third-order valence-electron chi connectivity index (χ3n) is 11.6. The quantitative estimate of drug-likeness (QED) is 0.536. The maximum absolute atomic E-state index is 12.9. The fourth-order valence-corrected chi connectivity index (χ4v) is 11.2. The van der Waals surface area contributed by atoms with Crippen molar-refractivity contribution in [2.45, 2.75) is 80.5 Å². The van der Waals surface area contributed by atoms with Crippen LogP contribution < -0.4 is 0 Å². The van der Waals surface area contributed by atoms with Gasteiger partial charge >= 0.3 is 0 Å². The van der Waals surface area contributed by atoms with Crippen molar-refractivity contribution in [3.05, 3.63) is 0 Å². The van der Waals surface area contributed by atoms with Gasteiger partial charge in [0.1, 0.15) is 17.4 Å². The van der Waals surface area contributed by atoms with Crippen molar-refractivity contribution in [2.75, 3.05) is 34.5 Å². The molecule has 0 amide bonds. The Hall–Kier alpha value is -0.320. The van der Waals surface area contributed by atoms with Gasteiger partial charge in [0.25, 0.3) is 0 Å². The van der Waals surface area contributed by atoms with Crippen LogP contribution in [-0.2, 0) is 18.9 Å². The van der Waals surface area contributed by atoms with Crippen molar-refractivity contribution in [1.82, 2.24) is 4.90 Å². The summed E-state index contributed by atoms with van der Waals surface area (Å²) in [5, 5.41) is 36.9. The summed E-state index contributed by atoms with van der Waals surface area (Å²) < 4.78 is 24.7. The lowest BCUT2D eigenvalue weighted by Gasteiger charge is -2.76. The first-order valence-electron chi connectivity index (χ1n) is 12.4. The molecule has 8 nitrogen and oxygen atoms in total. The predicted molar refractivity (Wildman–Crippen MR) is 111 cm³/mol. The third-order valence-corrected chi connectivity index (χ3v) is 11.6. The number of rotatable bonds is 5. The monoisotopic (exact) mass is 451 g/mol. The Labute approximate surface area is 189 Å². The first-order valence-corrected chi connectivity index (χ1v) is 12.4. The molecule has 9 bridgehead atoms. The van der Waals surface area contributed by atoms with E-state index >= 15 is 0 Å². The van der Waals surface area contributed by atoms with Gasteiger partial charge in [0.05, 0.1) is 37.1 Å². The molecule has 5 aliphatic carbocycles. The van der Waals surface area contributed by atoms with Gasteiger partial charge in [0.15, 0.2) is 0 Å². The SMILES string of the molecule is CCN1[C@@H]2O[C@H]3CC[C@]2(COC)[C@H]2[C@@H](OC)[C@@]4(O)[C@@H]1[C@@]32[C@H]1C[C@@H]2[C@H](O)[C@H]1[C@@]4(O)C[C@H]2OC. The number of fused-ring (bicyclic) bond motifs is 3. The summed E-state index contributed by atoms with van der Waals surface area (Å²) in [6.45, 7) is 3.37. The fraction of sp³-hybridized carbons (Fsp3) is 1.00. The average molecular weight is 452 g/mol. The van der Waals surface area contributed by atoms with E-state index in [9.17, 15) is 15.3 Å². The van der Waals surface area contributed by atoms with Crippen molar-refractivity contribution >= 4 is 0 Å². The largest absolute Gasteiger partial charge is 0.392 e. The van der Waals surface area contributed by atoms with Crippen LogP contribution in [0.1, 0.15) is 32.6 Å². The zero-order valence-electron chi connectivity index (χ0n) is 19.4. The number of methoxy groups -OCH3 is 3. The van der Waals surface area contributed by atoms with Crippen LogP contribution in [0, 0.1) is 34.5 Å².